The van der Waals surface area contributed by atoms with Gasteiger partial charge < -0.3 is 9.47 Å². The fourth-order valence-corrected chi connectivity index (χ4v) is 1.44. The number of unbranched alkanes of at least 4 members (excludes halogenated alkanes) is 1. The second-order valence-electron chi connectivity index (χ2n) is 4.08. The van der Waals surface area contributed by atoms with Gasteiger partial charge in [0.05, 0.1) is 7.11 Å². The second kappa shape index (κ2) is 9.61. The molecule has 1 aromatic rings. The number of rotatable bonds is 7. The van der Waals surface area contributed by atoms with Crippen LogP contribution in [-0.4, -0.2) is 19.2 Å². The van der Waals surface area contributed by atoms with Crippen LogP contribution in [-0.2, 0) is 20.9 Å². The highest BCUT2D eigenvalue weighted by molar-refractivity contribution is 5.69. The maximum absolute atomic E-state index is 11.3. The molecule has 1 amide bonds. The minimum Gasteiger partial charge on any atom is -0.469 e. The van der Waals surface area contributed by atoms with Crippen LogP contribution in [0, 0.1) is 0 Å². The van der Waals surface area contributed by atoms with E-state index in [1.165, 1.54) is 13.3 Å². The number of nitrogens with one attached hydrogen (secondary N) is 1. The fraction of sp³-hybridized carbons (Fsp3) is 0.333. The zero-order valence-electron chi connectivity index (χ0n) is 11.5. The molecule has 0 unspecified atom stereocenters. The summed E-state index contributed by atoms with van der Waals surface area (Å²) in [5.41, 5.74) is 0.935. The molecule has 1 aromatic carbocycles. The number of esters is 1. The molecule has 0 aromatic heterocycles. The van der Waals surface area contributed by atoms with Crippen molar-refractivity contribution in [2.24, 2.45) is 0 Å². The lowest BCUT2D eigenvalue weighted by Crippen LogP contribution is -2.18. The molecular formula is C15H19NO4. The lowest BCUT2D eigenvalue weighted by molar-refractivity contribution is -0.140. The highest BCUT2D eigenvalue weighted by atomic mass is 16.5. The number of carbonyl (C=O) groups is 2. The Bertz CT molecular complexity index is 442. The smallest absolute Gasteiger partial charge is 0.411 e. The molecule has 0 aliphatic rings. The average Bonchev–Trinajstić information content (AvgIpc) is 2.49. The minimum atomic E-state index is -0.502. The van der Waals surface area contributed by atoms with Gasteiger partial charge in [-0.2, -0.15) is 0 Å². The molecule has 0 fully saturated rings. The Kier molecular flexibility index (Phi) is 7.57. The highest BCUT2D eigenvalue weighted by Crippen LogP contribution is 2.00. The normalized spacial score (nSPS) is 10.2. The average molecular weight is 277 g/mol. The number of hydrogen-bond donors (Lipinski definition) is 1. The molecule has 0 atom stereocenters. The third kappa shape index (κ3) is 7.20. The number of allylic oxidation sites excluding steroid dienone is 1. The summed E-state index contributed by atoms with van der Waals surface area (Å²) in [6, 6.07) is 9.45. The fourth-order valence-electron chi connectivity index (χ4n) is 1.44. The van der Waals surface area contributed by atoms with Gasteiger partial charge in [0.15, 0.2) is 0 Å². The summed E-state index contributed by atoms with van der Waals surface area (Å²) in [5, 5.41) is 2.50. The van der Waals surface area contributed by atoms with E-state index >= 15 is 0 Å². The minimum absolute atomic E-state index is 0.228. The van der Waals surface area contributed by atoms with Crippen LogP contribution in [0.25, 0.3) is 0 Å². The number of methoxy groups -OCH3 is 1. The first-order chi connectivity index (χ1) is 9.72. The summed E-state index contributed by atoms with van der Waals surface area (Å²) < 4.78 is 9.53. The standard InChI is InChI=1S/C15H19NO4/c1-19-14(17)10-6-3-7-11-16-15(18)20-12-13-8-4-2-5-9-13/h2,4-5,7-9,11H,3,6,10,12H2,1H3,(H,16,18)/b11-7-. The van der Waals surface area contributed by atoms with Gasteiger partial charge in [-0.3, -0.25) is 10.1 Å². The van der Waals surface area contributed by atoms with Crippen molar-refractivity contribution >= 4 is 12.1 Å². The number of carbonyl (C=O) groups excluding carboxylic acids is 2. The van der Waals surface area contributed by atoms with E-state index in [-0.39, 0.29) is 12.6 Å². The third-order valence-corrected chi connectivity index (χ3v) is 2.51. The van der Waals surface area contributed by atoms with E-state index in [4.69, 9.17) is 4.74 Å². The van der Waals surface area contributed by atoms with Crippen molar-refractivity contribution in [3.05, 3.63) is 48.2 Å². The molecule has 0 saturated heterocycles. The van der Waals surface area contributed by atoms with Gasteiger partial charge in [0.1, 0.15) is 6.61 Å². The molecule has 0 aliphatic heterocycles. The van der Waals surface area contributed by atoms with Gasteiger partial charge in [-0.05, 0) is 18.4 Å². The molecule has 108 valence electrons. The van der Waals surface area contributed by atoms with Crippen LogP contribution < -0.4 is 5.32 Å². The molecular weight excluding hydrogens is 258 g/mol. The summed E-state index contributed by atoms with van der Waals surface area (Å²) in [6.07, 6.45) is 4.53. The van der Waals surface area contributed by atoms with Crippen molar-refractivity contribution in [1.29, 1.82) is 0 Å². The van der Waals surface area contributed by atoms with Crippen LogP contribution >= 0.6 is 0 Å². The largest absolute Gasteiger partial charge is 0.469 e. The lowest BCUT2D eigenvalue weighted by Gasteiger charge is -2.03. The maximum Gasteiger partial charge on any atom is 0.411 e. The van der Waals surface area contributed by atoms with Crippen LogP contribution in [0.15, 0.2) is 42.6 Å². The van der Waals surface area contributed by atoms with E-state index in [2.05, 4.69) is 10.1 Å². The summed E-state index contributed by atoms with van der Waals surface area (Å²) in [4.78, 5) is 22.2. The Morgan fingerprint density at radius 3 is 2.70 bits per heavy atom. The summed E-state index contributed by atoms with van der Waals surface area (Å²) >= 11 is 0. The van der Waals surface area contributed by atoms with E-state index in [1.54, 1.807) is 6.08 Å². The van der Waals surface area contributed by atoms with Gasteiger partial charge in [0.25, 0.3) is 0 Å². The molecule has 0 heterocycles. The number of benzene rings is 1. The Balaban J connectivity index is 2.09. The first-order valence-electron chi connectivity index (χ1n) is 6.41. The van der Waals surface area contributed by atoms with E-state index in [0.29, 0.717) is 19.3 Å². The third-order valence-electron chi connectivity index (χ3n) is 2.51. The summed E-state index contributed by atoms with van der Waals surface area (Å²) in [6.45, 7) is 0.239. The molecule has 0 aliphatic carbocycles. The van der Waals surface area contributed by atoms with Gasteiger partial charge in [-0.25, -0.2) is 4.79 Å². The van der Waals surface area contributed by atoms with Crippen molar-refractivity contribution in [2.45, 2.75) is 25.9 Å². The zero-order chi connectivity index (χ0) is 14.6. The Hall–Kier alpha value is -2.30. The van der Waals surface area contributed by atoms with Crippen LogP contribution in [0.5, 0.6) is 0 Å². The molecule has 1 rings (SSSR count). The predicted octanol–water partition coefficient (Wildman–Crippen LogP) is 2.77. The first-order valence-corrected chi connectivity index (χ1v) is 6.41. The molecule has 5 heteroatoms. The van der Waals surface area contributed by atoms with Crippen LogP contribution in [0.2, 0.25) is 0 Å². The van der Waals surface area contributed by atoms with Crippen molar-refractivity contribution in [3.63, 3.8) is 0 Å². The van der Waals surface area contributed by atoms with Gasteiger partial charge in [0, 0.05) is 12.6 Å². The molecule has 5 nitrogen and oxygen atoms in total. The van der Waals surface area contributed by atoms with Crippen LogP contribution in [0.1, 0.15) is 24.8 Å². The Morgan fingerprint density at radius 1 is 1.25 bits per heavy atom. The number of alkyl carbamates (subject to hydrolysis) is 1. The van der Waals surface area contributed by atoms with E-state index in [0.717, 1.165) is 5.56 Å². The topological polar surface area (TPSA) is 64.6 Å². The Morgan fingerprint density at radius 2 is 2.00 bits per heavy atom. The Labute approximate surface area is 118 Å². The highest BCUT2D eigenvalue weighted by Gasteiger charge is 2.00. The molecule has 0 bridgehead atoms. The van der Waals surface area contributed by atoms with Gasteiger partial charge >= 0.3 is 12.1 Å². The predicted molar refractivity (Wildman–Crippen MR) is 74.8 cm³/mol. The summed E-state index contributed by atoms with van der Waals surface area (Å²) in [7, 11) is 1.36. The van der Waals surface area contributed by atoms with E-state index < -0.39 is 6.09 Å². The number of amides is 1. The molecule has 0 saturated carbocycles. The van der Waals surface area contributed by atoms with Crippen LogP contribution in [0.4, 0.5) is 4.79 Å². The van der Waals surface area contributed by atoms with E-state index in [9.17, 15) is 9.59 Å². The lowest BCUT2D eigenvalue weighted by atomic mass is 10.2. The number of hydrogen-bond acceptors (Lipinski definition) is 4. The van der Waals surface area contributed by atoms with Gasteiger partial charge in [0.2, 0.25) is 0 Å². The SMILES string of the molecule is COC(=O)CCC/C=C\NC(=O)OCc1ccccc1. The first kappa shape index (κ1) is 15.8. The zero-order valence-corrected chi connectivity index (χ0v) is 11.5. The van der Waals surface area contributed by atoms with Crippen molar-refractivity contribution < 1.29 is 19.1 Å². The second-order valence-corrected chi connectivity index (χ2v) is 4.08. The quantitative estimate of drug-likeness (QED) is 0.615. The monoisotopic (exact) mass is 277 g/mol. The molecule has 20 heavy (non-hydrogen) atoms. The van der Waals surface area contributed by atoms with E-state index in [1.807, 2.05) is 30.3 Å². The number of ether oxygens (including phenoxy) is 2. The van der Waals surface area contributed by atoms with Gasteiger partial charge in [-0.15, -0.1) is 0 Å². The van der Waals surface area contributed by atoms with Crippen molar-refractivity contribution in [3.8, 4) is 0 Å². The van der Waals surface area contributed by atoms with Crippen molar-refractivity contribution in [2.75, 3.05) is 7.11 Å². The van der Waals surface area contributed by atoms with Gasteiger partial charge in [-0.1, -0.05) is 36.4 Å². The molecule has 0 radical (unpaired) electrons. The van der Waals surface area contributed by atoms with Crippen LogP contribution in [0.3, 0.4) is 0 Å². The molecule has 1 N–H and O–H groups in total. The van der Waals surface area contributed by atoms with Crippen molar-refractivity contribution in [1.82, 2.24) is 5.32 Å². The maximum atomic E-state index is 11.3. The molecule has 0 spiro atoms. The summed E-state index contributed by atoms with van der Waals surface area (Å²) in [5.74, 6) is -0.228.